The average Bonchev–Trinajstić information content (AvgIpc) is 3.22. The molecule has 0 unspecified atom stereocenters. The lowest BCUT2D eigenvalue weighted by Crippen LogP contribution is -2.09. The number of ether oxygens (including phenoxy) is 3. The van der Waals surface area contributed by atoms with E-state index in [1.54, 1.807) is 37.1 Å². The highest BCUT2D eigenvalue weighted by molar-refractivity contribution is 5.91. The Kier molecular flexibility index (Phi) is 7.29. The second-order valence-electron chi connectivity index (χ2n) is 8.68. The molecule has 8 heteroatoms. The molecule has 1 heterocycles. The number of methoxy groups -OCH3 is 2. The molecule has 0 saturated heterocycles. The van der Waals surface area contributed by atoms with Crippen molar-refractivity contribution >= 4 is 17.6 Å². The van der Waals surface area contributed by atoms with Gasteiger partial charge in [-0.05, 0) is 55.3 Å². The Morgan fingerprint density at radius 2 is 1.49 bits per heavy atom. The summed E-state index contributed by atoms with van der Waals surface area (Å²) in [5.41, 5.74) is 6.15. The van der Waals surface area contributed by atoms with Gasteiger partial charge in [0.1, 0.15) is 17.2 Å². The first-order valence-corrected chi connectivity index (χ1v) is 11.7. The SMILES string of the molecule is COc1cc(OC)cc(-c2nn(-c3ccc(C)cc3C)c(OC(C)=O)c2-c2ccc(NC(C)=O)cc2)c1. The van der Waals surface area contributed by atoms with Crippen molar-refractivity contribution in [3.63, 3.8) is 0 Å². The molecule has 190 valence electrons. The molecule has 0 aliphatic carbocycles. The predicted octanol–water partition coefficient (Wildman–Crippen LogP) is 5.72. The van der Waals surface area contributed by atoms with Gasteiger partial charge in [-0.1, -0.05) is 29.8 Å². The summed E-state index contributed by atoms with van der Waals surface area (Å²) in [7, 11) is 3.16. The number of anilines is 1. The van der Waals surface area contributed by atoms with Crippen LogP contribution in [0.25, 0.3) is 28.1 Å². The molecular formula is C29H29N3O5. The first-order valence-electron chi connectivity index (χ1n) is 11.7. The first kappa shape index (κ1) is 25.5. The molecule has 0 aliphatic heterocycles. The Morgan fingerprint density at radius 3 is 2.03 bits per heavy atom. The fraction of sp³-hybridized carbons (Fsp3) is 0.207. The molecule has 0 fully saturated rings. The molecule has 1 N–H and O–H groups in total. The molecule has 0 radical (unpaired) electrons. The van der Waals surface area contributed by atoms with Gasteiger partial charge in [-0.15, -0.1) is 0 Å². The topological polar surface area (TPSA) is 91.7 Å². The first-order chi connectivity index (χ1) is 17.7. The molecule has 1 aromatic heterocycles. The van der Waals surface area contributed by atoms with Gasteiger partial charge in [0, 0.05) is 31.2 Å². The Hall–Kier alpha value is -4.59. The molecule has 0 aliphatic rings. The summed E-state index contributed by atoms with van der Waals surface area (Å²) in [5.74, 6) is 0.827. The van der Waals surface area contributed by atoms with Crippen molar-refractivity contribution in [2.75, 3.05) is 19.5 Å². The Labute approximate surface area is 215 Å². The minimum Gasteiger partial charge on any atom is -0.497 e. The largest absolute Gasteiger partial charge is 0.497 e. The lowest BCUT2D eigenvalue weighted by molar-refractivity contribution is -0.132. The van der Waals surface area contributed by atoms with E-state index in [2.05, 4.69) is 5.32 Å². The molecule has 0 atom stereocenters. The van der Waals surface area contributed by atoms with Crippen LogP contribution in [0.15, 0.2) is 60.7 Å². The molecule has 0 saturated carbocycles. The number of hydrogen-bond donors (Lipinski definition) is 1. The standard InChI is InChI=1S/C29H29N3O5/c1-17-7-12-26(18(2)13-17)32-29(37-20(4)34)27(21-8-10-23(11-9-21)30-19(3)33)28(31-32)22-14-24(35-5)16-25(15-22)36-6/h7-16H,1-6H3,(H,30,33). The Morgan fingerprint density at radius 1 is 0.838 bits per heavy atom. The van der Waals surface area contributed by atoms with Crippen molar-refractivity contribution in [1.29, 1.82) is 0 Å². The summed E-state index contributed by atoms with van der Waals surface area (Å²) < 4.78 is 18.4. The number of rotatable bonds is 7. The number of aromatic nitrogens is 2. The van der Waals surface area contributed by atoms with E-state index in [4.69, 9.17) is 19.3 Å². The molecule has 0 spiro atoms. The van der Waals surface area contributed by atoms with Crippen molar-refractivity contribution in [3.8, 4) is 45.5 Å². The van der Waals surface area contributed by atoms with Crippen LogP contribution >= 0.6 is 0 Å². The van der Waals surface area contributed by atoms with Crippen LogP contribution in [0.2, 0.25) is 0 Å². The number of carbonyl (C=O) groups excluding carboxylic acids is 2. The fourth-order valence-corrected chi connectivity index (χ4v) is 4.17. The highest BCUT2D eigenvalue weighted by Crippen LogP contribution is 2.43. The van der Waals surface area contributed by atoms with Gasteiger partial charge in [0.05, 0.1) is 25.5 Å². The van der Waals surface area contributed by atoms with Crippen LogP contribution in [0.1, 0.15) is 25.0 Å². The van der Waals surface area contributed by atoms with Crippen LogP contribution in [0, 0.1) is 13.8 Å². The van der Waals surface area contributed by atoms with Crippen molar-refractivity contribution in [1.82, 2.24) is 9.78 Å². The normalized spacial score (nSPS) is 10.6. The highest BCUT2D eigenvalue weighted by atomic mass is 16.5. The fourth-order valence-electron chi connectivity index (χ4n) is 4.17. The molecule has 4 aromatic rings. The number of hydrogen-bond acceptors (Lipinski definition) is 6. The van der Waals surface area contributed by atoms with Crippen LogP contribution in [-0.4, -0.2) is 35.9 Å². The molecular weight excluding hydrogens is 470 g/mol. The summed E-state index contributed by atoms with van der Waals surface area (Å²) >= 11 is 0. The quantitative estimate of drug-likeness (QED) is 0.327. The highest BCUT2D eigenvalue weighted by Gasteiger charge is 2.26. The number of carbonyl (C=O) groups is 2. The van der Waals surface area contributed by atoms with Crippen molar-refractivity contribution in [2.45, 2.75) is 27.7 Å². The van der Waals surface area contributed by atoms with E-state index in [1.165, 1.54) is 13.8 Å². The van der Waals surface area contributed by atoms with E-state index in [0.29, 0.717) is 34.0 Å². The number of nitrogens with zero attached hydrogens (tertiary/aromatic N) is 2. The number of benzene rings is 3. The zero-order valence-electron chi connectivity index (χ0n) is 21.7. The number of esters is 1. The molecule has 8 nitrogen and oxygen atoms in total. The number of amides is 1. The van der Waals surface area contributed by atoms with E-state index >= 15 is 0 Å². The smallest absolute Gasteiger partial charge is 0.309 e. The van der Waals surface area contributed by atoms with Crippen LogP contribution in [-0.2, 0) is 9.59 Å². The monoisotopic (exact) mass is 499 g/mol. The van der Waals surface area contributed by atoms with Crippen LogP contribution < -0.4 is 19.5 Å². The van der Waals surface area contributed by atoms with Gasteiger partial charge >= 0.3 is 5.97 Å². The summed E-state index contributed by atoms with van der Waals surface area (Å²) in [6.07, 6.45) is 0. The van der Waals surface area contributed by atoms with Gasteiger partial charge < -0.3 is 19.5 Å². The van der Waals surface area contributed by atoms with Crippen LogP contribution in [0.3, 0.4) is 0 Å². The van der Waals surface area contributed by atoms with Crippen LogP contribution in [0.5, 0.6) is 17.4 Å². The van der Waals surface area contributed by atoms with Gasteiger partial charge in [0.2, 0.25) is 11.8 Å². The Balaban J connectivity index is 2.04. The summed E-state index contributed by atoms with van der Waals surface area (Å²) in [6, 6.07) is 18.7. The maximum absolute atomic E-state index is 12.3. The van der Waals surface area contributed by atoms with Crippen molar-refractivity contribution < 1.29 is 23.8 Å². The zero-order chi connectivity index (χ0) is 26.7. The van der Waals surface area contributed by atoms with Crippen molar-refractivity contribution in [2.24, 2.45) is 0 Å². The predicted molar refractivity (Wildman–Crippen MR) is 143 cm³/mol. The minimum absolute atomic E-state index is 0.166. The number of nitrogens with one attached hydrogen (secondary N) is 1. The Bertz CT molecular complexity index is 1450. The van der Waals surface area contributed by atoms with E-state index in [9.17, 15) is 9.59 Å². The van der Waals surface area contributed by atoms with Crippen LogP contribution in [0.4, 0.5) is 5.69 Å². The molecule has 37 heavy (non-hydrogen) atoms. The lowest BCUT2D eigenvalue weighted by atomic mass is 10.0. The molecule has 1 amide bonds. The van der Waals surface area contributed by atoms with E-state index in [1.807, 2.05) is 56.3 Å². The van der Waals surface area contributed by atoms with E-state index in [0.717, 1.165) is 22.4 Å². The van der Waals surface area contributed by atoms with Gasteiger partial charge in [0.25, 0.3) is 0 Å². The second kappa shape index (κ2) is 10.6. The summed E-state index contributed by atoms with van der Waals surface area (Å²) in [4.78, 5) is 23.8. The van der Waals surface area contributed by atoms with E-state index in [-0.39, 0.29) is 11.8 Å². The van der Waals surface area contributed by atoms with Gasteiger partial charge in [0.15, 0.2) is 0 Å². The third kappa shape index (κ3) is 5.48. The van der Waals surface area contributed by atoms with E-state index < -0.39 is 5.97 Å². The van der Waals surface area contributed by atoms with Gasteiger partial charge in [-0.2, -0.15) is 9.78 Å². The molecule has 3 aromatic carbocycles. The third-order valence-electron chi connectivity index (χ3n) is 5.78. The van der Waals surface area contributed by atoms with Gasteiger partial charge in [-0.25, -0.2) is 0 Å². The minimum atomic E-state index is -0.475. The molecule has 4 rings (SSSR count). The molecule has 0 bridgehead atoms. The van der Waals surface area contributed by atoms with Gasteiger partial charge in [-0.3, -0.25) is 9.59 Å². The second-order valence-corrected chi connectivity index (χ2v) is 8.68. The number of aryl methyl sites for hydroxylation is 2. The summed E-state index contributed by atoms with van der Waals surface area (Å²) in [5, 5.41) is 7.72. The average molecular weight is 500 g/mol. The maximum Gasteiger partial charge on any atom is 0.309 e. The van der Waals surface area contributed by atoms with Crippen molar-refractivity contribution in [3.05, 3.63) is 71.8 Å². The third-order valence-corrected chi connectivity index (χ3v) is 5.78. The summed E-state index contributed by atoms with van der Waals surface area (Å²) in [6.45, 7) is 6.81. The lowest BCUT2D eigenvalue weighted by Gasteiger charge is -2.12. The maximum atomic E-state index is 12.3. The zero-order valence-corrected chi connectivity index (χ0v) is 21.7.